The Bertz CT molecular complexity index is 879. The van der Waals surface area contributed by atoms with Crippen LogP contribution in [0.15, 0.2) is 30.6 Å². The van der Waals surface area contributed by atoms with Gasteiger partial charge in [0.25, 0.3) is 0 Å². The number of aryl methyl sites for hydroxylation is 1. The van der Waals surface area contributed by atoms with Gasteiger partial charge in [0, 0.05) is 5.02 Å². The van der Waals surface area contributed by atoms with Gasteiger partial charge in [-0.3, -0.25) is 0 Å². The number of fused-ring (bicyclic) bond motifs is 1. The van der Waals surface area contributed by atoms with Gasteiger partial charge >= 0.3 is 5.97 Å². The van der Waals surface area contributed by atoms with Gasteiger partial charge in [0.1, 0.15) is 21.8 Å². The number of hydrogen-bond acceptors (Lipinski definition) is 6. The highest BCUT2D eigenvalue weighted by Crippen LogP contribution is 2.36. The first-order valence-electron chi connectivity index (χ1n) is 6.94. The summed E-state index contributed by atoms with van der Waals surface area (Å²) in [5.74, 6) is 0.601. The van der Waals surface area contributed by atoms with Crippen LogP contribution in [0, 0.1) is 6.92 Å². The molecule has 0 N–H and O–H groups in total. The van der Waals surface area contributed by atoms with Crippen LogP contribution in [-0.4, -0.2) is 22.5 Å². The number of carbonyl (C=O) groups is 1. The third-order valence-corrected chi connectivity index (χ3v) is 4.58. The summed E-state index contributed by atoms with van der Waals surface area (Å²) in [6, 6.07) is 7.04. The molecule has 0 unspecified atom stereocenters. The number of thiophene rings is 1. The van der Waals surface area contributed by atoms with E-state index in [1.54, 1.807) is 31.2 Å². The molecule has 0 radical (unpaired) electrons. The number of esters is 1. The van der Waals surface area contributed by atoms with E-state index < -0.39 is 0 Å². The highest BCUT2D eigenvalue weighted by atomic mass is 35.5. The maximum absolute atomic E-state index is 12.0. The topological polar surface area (TPSA) is 61.3 Å². The maximum Gasteiger partial charge on any atom is 0.348 e. The molecule has 5 nitrogen and oxygen atoms in total. The van der Waals surface area contributed by atoms with Gasteiger partial charge in [-0.2, -0.15) is 0 Å². The van der Waals surface area contributed by atoms with Crippen LogP contribution in [0.4, 0.5) is 0 Å². The molecule has 7 heteroatoms. The summed E-state index contributed by atoms with van der Waals surface area (Å²) in [5.41, 5.74) is 0.751. The predicted octanol–water partition coefficient (Wildman–Crippen LogP) is 4.62. The zero-order chi connectivity index (χ0) is 16.4. The minimum absolute atomic E-state index is 0.323. The van der Waals surface area contributed by atoms with Crippen molar-refractivity contribution in [2.24, 2.45) is 0 Å². The summed E-state index contributed by atoms with van der Waals surface area (Å²) in [6.45, 7) is 3.93. The van der Waals surface area contributed by atoms with Gasteiger partial charge in [0.15, 0.2) is 0 Å². The van der Waals surface area contributed by atoms with Gasteiger partial charge in [0.05, 0.1) is 12.0 Å². The van der Waals surface area contributed by atoms with Crippen molar-refractivity contribution in [1.82, 2.24) is 9.97 Å². The number of rotatable bonds is 4. The quantitative estimate of drug-likeness (QED) is 0.644. The molecule has 3 rings (SSSR count). The molecule has 0 spiro atoms. The Kier molecular flexibility index (Phi) is 4.45. The van der Waals surface area contributed by atoms with E-state index in [0.717, 1.165) is 5.56 Å². The van der Waals surface area contributed by atoms with Crippen LogP contribution in [0.1, 0.15) is 22.2 Å². The number of carbonyl (C=O) groups excluding carboxylic acids is 1. The summed E-state index contributed by atoms with van der Waals surface area (Å²) >= 11 is 7.24. The van der Waals surface area contributed by atoms with Crippen molar-refractivity contribution in [2.45, 2.75) is 13.8 Å². The predicted molar refractivity (Wildman–Crippen MR) is 89.6 cm³/mol. The average Bonchev–Trinajstić information content (AvgIpc) is 2.86. The van der Waals surface area contributed by atoms with E-state index >= 15 is 0 Å². The van der Waals surface area contributed by atoms with Crippen LogP contribution in [0.5, 0.6) is 11.6 Å². The molecule has 0 aliphatic heterocycles. The van der Waals surface area contributed by atoms with Crippen LogP contribution >= 0.6 is 22.9 Å². The molecule has 23 heavy (non-hydrogen) atoms. The second-order valence-corrected chi connectivity index (χ2v) is 6.13. The Morgan fingerprint density at radius 2 is 2.17 bits per heavy atom. The molecule has 1 aromatic carbocycles. The molecule has 0 atom stereocenters. The zero-order valence-electron chi connectivity index (χ0n) is 12.5. The van der Waals surface area contributed by atoms with Crippen LogP contribution in [0.25, 0.3) is 10.2 Å². The van der Waals surface area contributed by atoms with Crippen molar-refractivity contribution in [2.75, 3.05) is 6.61 Å². The van der Waals surface area contributed by atoms with Gasteiger partial charge in [-0.15, -0.1) is 11.3 Å². The first-order valence-corrected chi connectivity index (χ1v) is 8.14. The molecular formula is C16H13ClN2O3S. The highest BCUT2D eigenvalue weighted by Gasteiger charge is 2.21. The van der Waals surface area contributed by atoms with Crippen molar-refractivity contribution in [1.29, 1.82) is 0 Å². The van der Waals surface area contributed by atoms with Crippen molar-refractivity contribution >= 4 is 39.1 Å². The third kappa shape index (κ3) is 3.13. The summed E-state index contributed by atoms with van der Waals surface area (Å²) in [6.07, 6.45) is 1.41. The number of hydrogen-bond donors (Lipinski definition) is 0. The Morgan fingerprint density at radius 3 is 2.91 bits per heavy atom. The molecule has 2 aromatic heterocycles. The normalized spacial score (nSPS) is 10.7. The number of benzene rings is 1. The van der Waals surface area contributed by atoms with Gasteiger partial charge in [-0.25, -0.2) is 14.8 Å². The Hall–Kier alpha value is -2.18. The van der Waals surface area contributed by atoms with E-state index in [9.17, 15) is 4.79 Å². The van der Waals surface area contributed by atoms with Crippen molar-refractivity contribution in [3.8, 4) is 11.6 Å². The average molecular weight is 349 g/mol. The molecule has 0 saturated carbocycles. The lowest BCUT2D eigenvalue weighted by Gasteiger charge is -2.06. The molecule has 118 valence electrons. The fourth-order valence-corrected chi connectivity index (χ4v) is 3.36. The summed E-state index contributed by atoms with van der Waals surface area (Å²) in [7, 11) is 0. The molecule has 0 fully saturated rings. The Labute approximate surface area is 141 Å². The second-order valence-electron chi connectivity index (χ2n) is 4.70. The Morgan fingerprint density at radius 1 is 1.35 bits per heavy atom. The molecule has 0 saturated heterocycles. The first kappa shape index (κ1) is 15.7. The van der Waals surface area contributed by atoms with E-state index in [-0.39, 0.29) is 5.97 Å². The minimum Gasteiger partial charge on any atom is -0.462 e. The monoisotopic (exact) mass is 348 g/mol. The number of aromatic nitrogens is 2. The van der Waals surface area contributed by atoms with Crippen molar-refractivity contribution < 1.29 is 14.3 Å². The van der Waals surface area contributed by atoms with Gasteiger partial charge in [-0.1, -0.05) is 17.7 Å². The van der Waals surface area contributed by atoms with Crippen LogP contribution in [-0.2, 0) is 4.74 Å². The number of ether oxygens (including phenoxy) is 2. The number of nitrogens with zero attached hydrogens (tertiary/aromatic N) is 2. The van der Waals surface area contributed by atoms with Crippen LogP contribution in [0.3, 0.4) is 0 Å². The molecule has 2 heterocycles. The van der Waals surface area contributed by atoms with E-state index in [0.29, 0.717) is 38.4 Å². The highest BCUT2D eigenvalue weighted by molar-refractivity contribution is 7.20. The van der Waals surface area contributed by atoms with Crippen LogP contribution in [0.2, 0.25) is 5.02 Å². The number of halogens is 1. The third-order valence-electron chi connectivity index (χ3n) is 3.16. The SMILES string of the molecule is CCOC(=O)c1sc2ncnc(Oc3cccc(Cl)c3)c2c1C. The van der Waals surface area contributed by atoms with E-state index in [1.807, 2.05) is 6.92 Å². The van der Waals surface area contributed by atoms with Gasteiger partial charge < -0.3 is 9.47 Å². The molecule has 0 aliphatic carbocycles. The fourth-order valence-electron chi connectivity index (χ4n) is 2.15. The minimum atomic E-state index is -0.360. The summed E-state index contributed by atoms with van der Waals surface area (Å²) in [4.78, 5) is 21.6. The maximum atomic E-state index is 12.0. The lowest BCUT2D eigenvalue weighted by molar-refractivity contribution is 0.0531. The van der Waals surface area contributed by atoms with Crippen molar-refractivity contribution in [3.63, 3.8) is 0 Å². The summed E-state index contributed by atoms with van der Waals surface area (Å²) < 4.78 is 10.9. The lowest BCUT2D eigenvalue weighted by atomic mass is 10.2. The molecular weight excluding hydrogens is 336 g/mol. The molecule has 0 amide bonds. The van der Waals surface area contributed by atoms with E-state index in [1.165, 1.54) is 17.7 Å². The van der Waals surface area contributed by atoms with Crippen molar-refractivity contribution in [3.05, 3.63) is 46.1 Å². The zero-order valence-corrected chi connectivity index (χ0v) is 14.1. The van der Waals surface area contributed by atoms with Gasteiger partial charge in [-0.05, 0) is 37.6 Å². The van der Waals surface area contributed by atoms with E-state index in [2.05, 4.69) is 9.97 Å². The standard InChI is InChI=1S/C16H13ClN2O3S/c1-3-21-16(20)13-9(2)12-14(18-8-19-15(12)23-13)22-11-6-4-5-10(17)7-11/h4-8H,3H2,1-2H3. The van der Waals surface area contributed by atoms with Crippen LogP contribution < -0.4 is 4.74 Å². The van der Waals surface area contributed by atoms with E-state index in [4.69, 9.17) is 21.1 Å². The molecule has 3 aromatic rings. The fraction of sp³-hybridized carbons (Fsp3) is 0.188. The molecule has 0 aliphatic rings. The largest absolute Gasteiger partial charge is 0.462 e. The smallest absolute Gasteiger partial charge is 0.348 e. The lowest BCUT2D eigenvalue weighted by Crippen LogP contribution is -2.03. The first-order chi connectivity index (χ1) is 11.1. The molecule has 0 bridgehead atoms. The second kappa shape index (κ2) is 6.52. The Balaban J connectivity index is 2.06. The summed E-state index contributed by atoms with van der Waals surface area (Å²) in [5, 5.41) is 1.28. The van der Waals surface area contributed by atoms with Gasteiger partial charge in [0.2, 0.25) is 5.88 Å².